The number of hydrogen-bond acceptors (Lipinski definition) is 3. The molecule has 0 radical (unpaired) electrons. The van der Waals surface area contributed by atoms with Crippen molar-refractivity contribution >= 4 is 23.5 Å². The summed E-state index contributed by atoms with van der Waals surface area (Å²) in [5, 5.41) is 5.45. The Hall–Kier alpha value is -2.37. The molecule has 0 aromatic heterocycles. The highest BCUT2D eigenvalue weighted by molar-refractivity contribution is 6.10. The van der Waals surface area contributed by atoms with Gasteiger partial charge in [0.1, 0.15) is 12.1 Å². The number of hydrogen-bond donors (Lipinski definition) is 2. The highest BCUT2D eigenvalue weighted by Gasteiger charge is 2.56. The monoisotopic (exact) mass is 315 g/mol. The van der Waals surface area contributed by atoms with Crippen LogP contribution in [0.4, 0.5) is 10.5 Å². The first-order valence-corrected chi connectivity index (χ1v) is 7.97. The van der Waals surface area contributed by atoms with Gasteiger partial charge in [0.25, 0.3) is 5.91 Å². The molecule has 1 aromatic carbocycles. The molecule has 1 heterocycles. The minimum atomic E-state index is -0.847. The summed E-state index contributed by atoms with van der Waals surface area (Å²) >= 11 is 0. The van der Waals surface area contributed by atoms with E-state index in [1.54, 1.807) is 6.92 Å². The van der Waals surface area contributed by atoms with Gasteiger partial charge >= 0.3 is 6.03 Å². The second-order valence-corrected chi connectivity index (χ2v) is 6.40. The molecule has 3 rings (SSSR count). The van der Waals surface area contributed by atoms with Crippen LogP contribution in [0.1, 0.15) is 32.3 Å². The summed E-state index contributed by atoms with van der Waals surface area (Å²) in [6, 6.07) is 7.02. The average Bonchev–Trinajstić information content (AvgIpc) is 3.34. The molecule has 1 saturated heterocycles. The third kappa shape index (κ3) is 2.93. The van der Waals surface area contributed by atoms with Gasteiger partial charge in [-0.3, -0.25) is 14.5 Å². The van der Waals surface area contributed by atoms with Gasteiger partial charge in [-0.1, -0.05) is 19.1 Å². The van der Waals surface area contributed by atoms with Crippen LogP contribution in [0.25, 0.3) is 0 Å². The Morgan fingerprint density at radius 3 is 2.52 bits per heavy atom. The van der Waals surface area contributed by atoms with Crippen LogP contribution < -0.4 is 10.6 Å². The van der Waals surface area contributed by atoms with Crippen molar-refractivity contribution in [2.75, 3.05) is 11.9 Å². The highest BCUT2D eigenvalue weighted by Crippen LogP contribution is 2.42. The van der Waals surface area contributed by atoms with Gasteiger partial charge in [0.15, 0.2) is 0 Å². The van der Waals surface area contributed by atoms with Gasteiger partial charge in [-0.2, -0.15) is 0 Å². The summed E-state index contributed by atoms with van der Waals surface area (Å²) in [6.45, 7) is 3.54. The third-order valence-electron chi connectivity index (χ3n) is 4.64. The van der Waals surface area contributed by atoms with Crippen molar-refractivity contribution < 1.29 is 14.4 Å². The summed E-state index contributed by atoms with van der Waals surface area (Å²) in [5.41, 5.74) is 0.988. The topological polar surface area (TPSA) is 78.5 Å². The molecule has 23 heavy (non-hydrogen) atoms. The molecule has 2 aliphatic rings. The minimum absolute atomic E-state index is 0.189. The molecule has 1 aliphatic heterocycles. The van der Waals surface area contributed by atoms with Gasteiger partial charge in [-0.15, -0.1) is 0 Å². The number of urea groups is 1. The van der Waals surface area contributed by atoms with E-state index in [0.29, 0.717) is 5.69 Å². The minimum Gasteiger partial charge on any atom is -0.325 e. The van der Waals surface area contributed by atoms with Crippen molar-refractivity contribution in [1.29, 1.82) is 0 Å². The summed E-state index contributed by atoms with van der Waals surface area (Å²) in [4.78, 5) is 37.6. The fraction of sp³-hybridized carbons (Fsp3) is 0.471. The molecule has 1 aliphatic carbocycles. The first-order chi connectivity index (χ1) is 10.9. The molecule has 1 unspecified atom stereocenters. The van der Waals surface area contributed by atoms with Gasteiger partial charge in [0.2, 0.25) is 5.91 Å². The molecule has 1 aromatic rings. The molecule has 1 atom stereocenters. The average molecular weight is 315 g/mol. The van der Waals surface area contributed by atoms with E-state index in [4.69, 9.17) is 0 Å². The van der Waals surface area contributed by atoms with Crippen LogP contribution >= 0.6 is 0 Å². The van der Waals surface area contributed by atoms with Crippen molar-refractivity contribution in [3.8, 4) is 0 Å². The van der Waals surface area contributed by atoms with E-state index >= 15 is 0 Å². The zero-order chi connectivity index (χ0) is 16.6. The number of imide groups is 1. The zero-order valence-corrected chi connectivity index (χ0v) is 13.4. The summed E-state index contributed by atoms with van der Waals surface area (Å²) in [5.74, 6) is -0.493. The largest absolute Gasteiger partial charge is 0.325 e. The molecular weight excluding hydrogens is 294 g/mol. The summed E-state index contributed by atoms with van der Waals surface area (Å²) in [6.07, 6.45) is 2.80. The first-order valence-electron chi connectivity index (χ1n) is 7.97. The van der Waals surface area contributed by atoms with E-state index in [-0.39, 0.29) is 24.3 Å². The van der Waals surface area contributed by atoms with E-state index < -0.39 is 11.6 Å². The lowest BCUT2D eigenvalue weighted by atomic mass is 9.96. The maximum absolute atomic E-state index is 12.5. The predicted molar refractivity (Wildman–Crippen MR) is 85.8 cm³/mol. The number of amides is 4. The van der Waals surface area contributed by atoms with Gasteiger partial charge in [-0.05, 0) is 49.8 Å². The predicted octanol–water partition coefficient (Wildman–Crippen LogP) is 1.91. The Bertz CT molecular complexity index is 652. The molecule has 6 heteroatoms. The van der Waals surface area contributed by atoms with Crippen LogP contribution in [0.15, 0.2) is 24.3 Å². The Morgan fingerprint density at radius 1 is 1.30 bits per heavy atom. The van der Waals surface area contributed by atoms with E-state index in [9.17, 15) is 14.4 Å². The molecule has 1 saturated carbocycles. The van der Waals surface area contributed by atoms with Crippen LogP contribution in [0.5, 0.6) is 0 Å². The molecule has 2 fully saturated rings. The molecule has 122 valence electrons. The van der Waals surface area contributed by atoms with Crippen molar-refractivity contribution in [3.63, 3.8) is 0 Å². The van der Waals surface area contributed by atoms with Crippen molar-refractivity contribution in [2.24, 2.45) is 5.92 Å². The molecular formula is C17H21N3O3. The fourth-order valence-electron chi connectivity index (χ4n) is 2.96. The number of anilines is 1. The smallest absolute Gasteiger partial charge is 0.325 e. The maximum Gasteiger partial charge on any atom is 0.325 e. The lowest BCUT2D eigenvalue weighted by Gasteiger charge is -2.20. The Morgan fingerprint density at radius 2 is 1.96 bits per heavy atom. The van der Waals surface area contributed by atoms with E-state index in [0.717, 1.165) is 24.2 Å². The molecule has 0 spiro atoms. The number of benzene rings is 1. The first kappa shape index (κ1) is 15.5. The number of nitrogens with one attached hydrogen (secondary N) is 2. The SMILES string of the molecule is CCc1ccc(NC(=O)CN2C(=O)NC(C)(C3CC3)C2=O)cc1. The fourth-order valence-corrected chi connectivity index (χ4v) is 2.96. The standard InChI is InChI=1S/C17H21N3O3/c1-3-11-4-8-13(9-5-11)18-14(21)10-20-15(22)17(2,12-6-7-12)19-16(20)23/h4-5,8-9,12H,3,6-7,10H2,1-2H3,(H,18,21)(H,19,23). The van der Waals surface area contributed by atoms with Crippen LogP contribution in [0, 0.1) is 5.92 Å². The van der Waals surface area contributed by atoms with Gasteiger partial charge < -0.3 is 10.6 Å². The number of nitrogens with zero attached hydrogens (tertiary/aromatic N) is 1. The summed E-state index contributed by atoms with van der Waals surface area (Å²) < 4.78 is 0. The van der Waals surface area contributed by atoms with E-state index in [1.165, 1.54) is 5.56 Å². The number of carbonyl (C=O) groups is 3. The molecule has 2 N–H and O–H groups in total. The molecule has 4 amide bonds. The molecule has 6 nitrogen and oxygen atoms in total. The number of rotatable bonds is 5. The van der Waals surface area contributed by atoms with E-state index in [2.05, 4.69) is 17.6 Å². The van der Waals surface area contributed by atoms with Crippen LogP contribution in [0.2, 0.25) is 0 Å². The van der Waals surface area contributed by atoms with Crippen molar-refractivity contribution in [3.05, 3.63) is 29.8 Å². The number of aryl methyl sites for hydroxylation is 1. The number of carbonyl (C=O) groups excluding carboxylic acids is 3. The lowest BCUT2D eigenvalue weighted by Crippen LogP contribution is -2.46. The summed E-state index contributed by atoms with van der Waals surface area (Å²) in [7, 11) is 0. The molecule has 0 bridgehead atoms. The van der Waals surface area contributed by atoms with Crippen molar-refractivity contribution in [2.45, 2.75) is 38.6 Å². The van der Waals surface area contributed by atoms with Crippen LogP contribution in [-0.4, -0.2) is 34.8 Å². The highest BCUT2D eigenvalue weighted by atomic mass is 16.2. The quantitative estimate of drug-likeness (QED) is 0.815. The second kappa shape index (κ2) is 5.68. The van der Waals surface area contributed by atoms with Gasteiger partial charge in [0.05, 0.1) is 0 Å². The maximum atomic E-state index is 12.5. The van der Waals surface area contributed by atoms with Gasteiger partial charge in [0, 0.05) is 5.69 Å². The Kier molecular flexibility index (Phi) is 3.83. The second-order valence-electron chi connectivity index (χ2n) is 6.40. The Labute approximate surface area is 135 Å². The van der Waals surface area contributed by atoms with Crippen molar-refractivity contribution in [1.82, 2.24) is 10.2 Å². The zero-order valence-electron chi connectivity index (χ0n) is 13.4. The van der Waals surface area contributed by atoms with Gasteiger partial charge in [-0.25, -0.2) is 4.79 Å². The normalized spacial score (nSPS) is 23.8. The van der Waals surface area contributed by atoms with Crippen LogP contribution in [0.3, 0.4) is 0 Å². The Balaban J connectivity index is 1.63. The lowest BCUT2D eigenvalue weighted by molar-refractivity contribution is -0.134. The van der Waals surface area contributed by atoms with Crippen LogP contribution in [-0.2, 0) is 16.0 Å². The third-order valence-corrected chi connectivity index (χ3v) is 4.64. The van der Waals surface area contributed by atoms with E-state index in [1.807, 2.05) is 24.3 Å².